The van der Waals surface area contributed by atoms with Crippen molar-refractivity contribution in [3.05, 3.63) is 12.2 Å². The number of halogens is 3. The monoisotopic (exact) mass is 304 g/mol. The van der Waals surface area contributed by atoms with Crippen molar-refractivity contribution in [1.29, 1.82) is 0 Å². The van der Waals surface area contributed by atoms with Gasteiger partial charge in [0.25, 0.3) is 0 Å². The standard InChI is InChI=1S/C14H23F3N4/c1-10(2)8-21-12(19-9-20-21)7-13(18)5-3-4-11(6-13)14(15,16)17/h9-11H,3-8,18H2,1-2H3. The zero-order valence-corrected chi connectivity index (χ0v) is 12.5. The molecule has 1 fully saturated rings. The van der Waals surface area contributed by atoms with Crippen LogP contribution >= 0.6 is 0 Å². The normalized spacial score (nSPS) is 27.3. The molecule has 0 radical (unpaired) electrons. The molecule has 0 spiro atoms. The summed E-state index contributed by atoms with van der Waals surface area (Å²) in [7, 11) is 0. The molecule has 1 aliphatic rings. The number of alkyl halides is 3. The Hall–Kier alpha value is -1.11. The average molecular weight is 304 g/mol. The topological polar surface area (TPSA) is 56.7 Å². The Morgan fingerprint density at radius 3 is 2.81 bits per heavy atom. The zero-order valence-electron chi connectivity index (χ0n) is 12.5. The summed E-state index contributed by atoms with van der Waals surface area (Å²) in [5.74, 6) is -0.208. The second kappa shape index (κ2) is 5.94. The van der Waals surface area contributed by atoms with Crippen molar-refractivity contribution in [2.24, 2.45) is 17.6 Å². The first-order valence-corrected chi connectivity index (χ1v) is 7.42. The van der Waals surface area contributed by atoms with Gasteiger partial charge in [0.1, 0.15) is 12.2 Å². The Kier molecular flexibility index (Phi) is 4.60. The smallest absolute Gasteiger partial charge is 0.325 e. The SMILES string of the molecule is CC(C)Cn1ncnc1CC1(N)CCCC(C(F)(F)F)C1. The molecule has 2 N–H and O–H groups in total. The zero-order chi connectivity index (χ0) is 15.7. The van der Waals surface area contributed by atoms with E-state index in [9.17, 15) is 13.2 Å². The summed E-state index contributed by atoms with van der Waals surface area (Å²) in [5, 5.41) is 4.15. The highest BCUT2D eigenvalue weighted by atomic mass is 19.4. The van der Waals surface area contributed by atoms with Crippen LogP contribution in [0.5, 0.6) is 0 Å². The Balaban J connectivity index is 2.09. The van der Waals surface area contributed by atoms with Crippen LogP contribution in [0.3, 0.4) is 0 Å². The van der Waals surface area contributed by atoms with Gasteiger partial charge in [-0.15, -0.1) is 0 Å². The van der Waals surface area contributed by atoms with Crippen LogP contribution in [0.2, 0.25) is 0 Å². The Morgan fingerprint density at radius 1 is 1.48 bits per heavy atom. The van der Waals surface area contributed by atoms with Crippen molar-refractivity contribution in [1.82, 2.24) is 14.8 Å². The Bertz CT molecular complexity index is 469. The van der Waals surface area contributed by atoms with E-state index in [0.29, 0.717) is 37.5 Å². The van der Waals surface area contributed by atoms with Gasteiger partial charge in [-0.3, -0.25) is 0 Å². The number of nitrogens with zero attached hydrogens (tertiary/aromatic N) is 3. The first-order valence-electron chi connectivity index (χ1n) is 7.42. The van der Waals surface area contributed by atoms with E-state index in [0.717, 1.165) is 0 Å². The number of nitrogens with two attached hydrogens (primary N) is 1. The molecule has 0 aliphatic heterocycles. The van der Waals surface area contributed by atoms with Gasteiger partial charge in [0.05, 0.1) is 5.92 Å². The van der Waals surface area contributed by atoms with Gasteiger partial charge >= 0.3 is 6.18 Å². The van der Waals surface area contributed by atoms with Crippen LogP contribution in [0.1, 0.15) is 45.4 Å². The predicted molar refractivity (Wildman–Crippen MR) is 73.5 cm³/mol. The molecule has 1 heterocycles. The molecule has 0 amide bonds. The van der Waals surface area contributed by atoms with E-state index in [4.69, 9.17) is 5.73 Å². The molecule has 0 saturated heterocycles. The fraction of sp³-hybridized carbons (Fsp3) is 0.857. The average Bonchev–Trinajstić information content (AvgIpc) is 2.74. The van der Waals surface area contributed by atoms with Crippen LogP contribution in [0, 0.1) is 11.8 Å². The summed E-state index contributed by atoms with van der Waals surface area (Å²) in [5.41, 5.74) is 5.42. The van der Waals surface area contributed by atoms with E-state index in [1.54, 1.807) is 4.68 Å². The van der Waals surface area contributed by atoms with Gasteiger partial charge in [-0.2, -0.15) is 18.3 Å². The molecule has 120 valence electrons. The lowest BCUT2D eigenvalue weighted by molar-refractivity contribution is -0.187. The van der Waals surface area contributed by atoms with E-state index in [2.05, 4.69) is 23.9 Å². The fourth-order valence-corrected chi connectivity index (χ4v) is 3.07. The third-order valence-electron chi connectivity index (χ3n) is 4.09. The molecule has 1 aromatic heterocycles. The van der Waals surface area contributed by atoms with Crippen LogP contribution in [-0.4, -0.2) is 26.5 Å². The molecule has 2 atom stereocenters. The lowest BCUT2D eigenvalue weighted by Gasteiger charge is -2.38. The van der Waals surface area contributed by atoms with E-state index in [1.807, 2.05) is 0 Å². The molecule has 2 rings (SSSR count). The molecule has 21 heavy (non-hydrogen) atoms. The van der Waals surface area contributed by atoms with Gasteiger partial charge in [0.15, 0.2) is 0 Å². The van der Waals surface area contributed by atoms with E-state index >= 15 is 0 Å². The summed E-state index contributed by atoms with van der Waals surface area (Å²) in [4.78, 5) is 4.19. The van der Waals surface area contributed by atoms with Crippen LogP contribution in [-0.2, 0) is 13.0 Å². The first-order chi connectivity index (χ1) is 9.70. The van der Waals surface area contributed by atoms with Crippen molar-refractivity contribution in [3.8, 4) is 0 Å². The number of hydrogen-bond acceptors (Lipinski definition) is 3. The molecule has 1 aliphatic carbocycles. The lowest BCUT2D eigenvalue weighted by atomic mass is 9.74. The van der Waals surface area contributed by atoms with Crippen LogP contribution in [0.4, 0.5) is 13.2 Å². The second-order valence-electron chi connectivity index (χ2n) is 6.63. The minimum Gasteiger partial charge on any atom is -0.325 e. The Morgan fingerprint density at radius 2 is 2.19 bits per heavy atom. The maximum absolute atomic E-state index is 12.9. The Labute approximate surface area is 122 Å². The predicted octanol–water partition coefficient (Wildman–Crippen LogP) is 2.93. The molecule has 7 heteroatoms. The molecule has 4 nitrogen and oxygen atoms in total. The molecule has 1 saturated carbocycles. The quantitative estimate of drug-likeness (QED) is 0.930. The largest absolute Gasteiger partial charge is 0.391 e. The number of aromatic nitrogens is 3. The highest BCUT2D eigenvalue weighted by Crippen LogP contribution is 2.41. The van der Waals surface area contributed by atoms with Crippen LogP contribution in [0.15, 0.2) is 6.33 Å². The molecule has 2 unspecified atom stereocenters. The molecule has 0 bridgehead atoms. The third-order valence-corrected chi connectivity index (χ3v) is 4.09. The number of hydrogen-bond donors (Lipinski definition) is 1. The lowest BCUT2D eigenvalue weighted by Crippen LogP contribution is -2.49. The number of rotatable bonds is 4. The van der Waals surface area contributed by atoms with Gasteiger partial charge in [-0.25, -0.2) is 9.67 Å². The maximum Gasteiger partial charge on any atom is 0.391 e. The minimum atomic E-state index is -4.16. The summed E-state index contributed by atoms with van der Waals surface area (Å²) in [6.45, 7) is 4.82. The van der Waals surface area contributed by atoms with Crippen molar-refractivity contribution in [2.75, 3.05) is 0 Å². The first kappa shape index (κ1) is 16.3. The van der Waals surface area contributed by atoms with Gasteiger partial charge in [-0.05, 0) is 25.2 Å². The summed E-state index contributed by atoms with van der Waals surface area (Å²) in [6.07, 6.45) is -1.08. The van der Waals surface area contributed by atoms with Gasteiger partial charge in [-0.1, -0.05) is 20.3 Å². The fourth-order valence-electron chi connectivity index (χ4n) is 3.07. The highest BCUT2D eigenvalue weighted by molar-refractivity contribution is 5.01. The molecular formula is C14H23F3N4. The van der Waals surface area contributed by atoms with Gasteiger partial charge in [0.2, 0.25) is 0 Å². The van der Waals surface area contributed by atoms with Crippen molar-refractivity contribution in [3.63, 3.8) is 0 Å². The van der Waals surface area contributed by atoms with Crippen LogP contribution in [0.25, 0.3) is 0 Å². The summed E-state index contributed by atoms with van der Waals surface area (Å²) in [6, 6.07) is 0. The summed E-state index contributed by atoms with van der Waals surface area (Å²) >= 11 is 0. The van der Waals surface area contributed by atoms with Gasteiger partial charge in [0, 0.05) is 18.5 Å². The maximum atomic E-state index is 12.9. The van der Waals surface area contributed by atoms with Crippen LogP contribution < -0.4 is 5.73 Å². The van der Waals surface area contributed by atoms with E-state index in [-0.39, 0.29) is 12.8 Å². The van der Waals surface area contributed by atoms with Crippen molar-refractivity contribution >= 4 is 0 Å². The van der Waals surface area contributed by atoms with Crippen molar-refractivity contribution in [2.45, 2.75) is 64.2 Å². The molecule has 1 aromatic rings. The van der Waals surface area contributed by atoms with E-state index in [1.165, 1.54) is 6.33 Å². The highest BCUT2D eigenvalue weighted by Gasteiger charge is 2.46. The third kappa shape index (κ3) is 4.18. The van der Waals surface area contributed by atoms with E-state index < -0.39 is 17.6 Å². The molecular weight excluding hydrogens is 281 g/mol. The summed E-state index contributed by atoms with van der Waals surface area (Å²) < 4.78 is 40.5. The minimum absolute atomic E-state index is 0.0228. The molecule has 0 aromatic carbocycles. The van der Waals surface area contributed by atoms with Gasteiger partial charge < -0.3 is 5.73 Å². The van der Waals surface area contributed by atoms with Crippen molar-refractivity contribution < 1.29 is 13.2 Å². The second-order valence-corrected chi connectivity index (χ2v) is 6.63.